The van der Waals surface area contributed by atoms with Crippen LogP contribution in [0.4, 0.5) is 4.39 Å². The van der Waals surface area contributed by atoms with E-state index in [0.29, 0.717) is 5.56 Å². The lowest BCUT2D eigenvalue weighted by Gasteiger charge is -2.28. The Morgan fingerprint density at radius 1 is 1.22 bits per heavy atom. The van der Waals surface area contributed by atoms with Gasteiger partial charge in [0.05, 0.1) is 26.7 Å². The number of hydrogen-bond donors (Lipinski definition) is 2. The van der Waals surface area contributed by atoms with Crippen molar-refractivity contribution in [2.45, 2.75) is 12.5 Å². The molecule has 5 nitrogen and oxygen atoms in total. The summed E-state index contributed by atoms with van der Waals surface area (Å²) in [5, 5.41) is 3.12. The third-order valence-electron chi connectivity index (χ3n) is 4.81. The van der Waals surface area contributed by atoms with Gasteiger partial charge in [-0.1, -0.05) is 36.4 Å². The molecule has 0 saturated carbocycles. The second-order valence-electron chi connectivity index (χ2n) is 6.74. The fraction of sp³-hybridized carbons (Fsp3) is 0.381. The van der Waals surface area contributed by atoms with Gasteiger partial charge in [0, 0.05) is 0 Å². The van der Waals surface area contributed by atoms with Crippen molar-refractivity contribution >= 4 is 5.91 Å². The summed E-state index contributed by atoms with van der Waals surface area (Å²) in [5.74, 6) is -0.404. The third kappa shape index (κ3) is 5.52. The number of nitrogens with one attached hydrogen (secondary N) is 2. The number of rotatable bonds is 7. The first-order chi connectivity index (χ1) is 13.2. The molecule has 0 aromatic heterocycles. The van der Waals surface area contributed by atoms with Crippen LogP contribution in [0.3, 0.4) is 0 Å². The molecule has 0 unspecified atom stereocenters. The molecule has 2 aromatic carbocycles. The van der Waals surface area contributed by atoms with E-state index in [-0.39, 0.29) is 24.1 Å². The van der Waals surface area contributed by atoms with Crippen molar-refractivity contribution in [2.75, 3.05) is 40.0 Å². The topological polar surface area (TPSA) is 52.0 Å². The minimum absolute atomic E-state index is 0.0881. The summed E-state index contributed by atoms with van der Waals surface area (Å²) in [6.45, 7) is 4.16. The van der Waals surface area contributed by atoms with Crippen molar-refractivity contribution in [1.29, 1.82) is 0 Å². The van der Waals surface area contributed by atoms with E-state index in [4.69, 9.17) is 9.47 Å². The van der Waals surface area contributed by atoms with E-state index in [0.717, 1.165) is 38.4 Å². The Bertz CT molecular complexity index is 748. The predicted molar refractivity (Wildman–Crippen MR) is 100 cm³/mol. The quantitative estimate of drug-likeness (QED) is 0.766. The monoisotopic (exact) mass is 373 g/mol. The first-order valence-electron chi connectivity index (χ1n) is 9.23. The van der Waals surface area contributed by atoms with Crippen LogP contribution in [-0.4, -0.2) is 45.9 Å². The summed E-state index contributed by atoms with van der Waals surface area (Å²) < 4.78 is 24.2. The first kappa shape index (κ1) is 19.3. The van der Waals surface area contributed by atoms with Crippen LogP contribution in [0.5, 0.6) is 5.75 Å². The molecule has 1 saturated heterocycles. The third-order valence-corrected chi connectivity index (χ3v) is 4.81. The van der Waals surface area contributed by atoms with Crippen molar-refractivity contribution in [2.24, 2.45) is 0 Å². The van der Waals surface area contributed by atoms with Gasteiger partial charge in [0.2, 0.25) is 5.91 Å². The number of carbonyl (C=O) groups excluding carboxylic acids is 1. The zero-order valence-corrected chi connectivity index (χ0v) is 15.5. The highest BCUT2D eigenvalue weighted by Gasteiger charge is 2.23. The normalized spacial score (nSPS) is 15.9. The molecule has 1 aliphatic heterocycles. The standard InChI is InChI=1S/C21H25FN2O3/c1-26-20-8-7-16(13-18(20)22)14-21(25)23-19(17-5-3-2-4-6-17)15-24-9-11-27-12-10-24/h2-8,13,19H,9-12,14-15H2,1H3,(H,23,25)/p+1/t19-/m1/s1. The Morgan fingerprint density at radius 2 is 1.96 bits per heavy atom. The highest BCUT2D eigenvalue weighted by Crippen LogP contribution is 2.18. The molecule has 1 fully saturated rings. The molecule has 144 valence electrons. The first-order valence-corrected chi connectivity index (χ1v) is 9.23. The number of benzene rings is 2. The van der Waals surface area contributed by atoms with Crippen molar-refractivity contribution in [3.63, 3.8) is 0 Å². The van der Waals surface area contributed by atoms with Crippen molar-refractivity contribution < 1.29 is 23.6 Å². The molecule has 2 aromatic rings. The largest absolute Gasteiger partial charge is 0.494 e. The van der Waals surface area contributed by atoms with E-state index in [9.17, 15) is 9.18 Å². The average Bonchev–Trinajstić information content (AvgIpc) is 2.69. The van der Waals surface area contributed by atoms with Gasteiger partial charge in [-0.25, -0.2) is 4.39 Å². The van der Waals surface area contributed by atoms with Gasteiger partial charge in [-0.3, -0.25) is 4.79 Å². The number of methoxy groups -OCH3 is 1. The number of quaternary nitrogens is 1. The molecular formula is C21H26FN2O3+. The van der Waals surface area contributed by atoms with E-state index >= 15 is 0 Å². The summed E-state index contributed by atoms with van der Waals surface area (Å²) in [5.41, 5.74) is 1.70. The van der Waals surface area contributed by atoms with Gasteiger partial charge in [-0.15, -0.1) is 0 Å². The number of morpholine rings is 1. The Kier molecular flexibility index (Phi) is 6.79. The minimum Gasteiger partial charge on any atom is -0.494 e. The van der Waals surface area contributed by atoms with Crippen molar-refractivity contribution in [3.05, 3.63) is 65.5 Å². The van der Waals surface area contributed by atoms with Crippen LogP contribution in [-0.2, 0) is 16.0 Å². The summed E-state index contributed by atoms with van der Waals surface area (Å²) in [4.78, 5) is 14.0. The van der Waals surface area contributed by atoms with Crippen molar-refractivity contribution in [1.82, 2.24) is 5.32 Å². The zero-order chi connectivity index (χ0) is 19.1. The van der Waals surface area contributed by atoms with Gasteiger partial charge < -0.3 is 19.7 Å². The molecule has 1 aliphatic rings. The number of amides is 1. The maximum Gasteiger partial charge on any atom is 0.225 e. The lowest BCUT2D eigenvalue weighted by atomic mass is 10.0. The smallest absolute Gasteiger partial charge is 0.225 e. The van der Waals surface area contributed by atoms with E-state index in [2.05, 4.69) is 5.32 Å². The van der Waals surface area contributed by atoms with E-state index < -0.39 is 5.82 Å². The fourth-order valence-corrected chi connectivity index (χ4v) is 3.34. The molecule has 3 rings (SSSR count). The zero-order valence-electron chi connectivity index (χ0n) is 15.5. The molecule has 0 radical (unpaired) electrons. The van der Waals surface area contributed by atoms with Gasteiger partial charge in [0.25, 0.3) is 0 Å². The van der Waals surface area contributed by atoms with Gasteiger partial charge in [0.15, 0.2) is 11.6 Å². The molecule has 1 amide bonds. The second-order valence-corrected chi connectivity index (χ2v) is 6.74. The van der Waals surface area contributed by atoms with Crippen LogP contribution in [0.15, 0.2) is 48.5 Å². The summed E-state index contributed by atoms with van der Waals surface area (Å²) >= 11 is 0. The van der Waals surface area contributed by atoms with E-state index in [1.165, 1.54) is 18.1 Å². The Labute approximate surface area is 159 Å². The van der Waals surface area contributed by atoms with Gasteiger partial charge in [0.1, 0.15) is 25.7 Å². The van der Waals surface area contributed by atoms with Gasteiger partial charge in [-0.05, 0) is 23.3 Å². The molecule has 0 spiro atoms. The lowest BCUT2D eigenvalue weighted by Crippen LogP contribution is -3.14. The Hall–Kier alpha value is -2.44. The van der Waals surface area contributed by atoms with Gasteiger partial charge in [-0.2, -0.15) is 0 Å². The summed E-state index contributed by atoms with van der Waals surface area (Å²) in [7, 11) is 1.42. The number of carbonyl (C=O) groups is 1. The van der Waals surface area contributed by atoms with Gasteiger partial charge >= 0.3 is 0 Å². The van der Waals surface area contributed by atoms with Crippen molar-refractivity contribution in [3.8, 4) is 5.75 Å². The van der Waals surface area contributed by atoms with Crippen LogP contribution < -0.4 is 15.0 Å². The number of ether oxygens (including phenoxy) is 2. The number of hydrogen-bond acceptors (Lipinski definition) is 3. The summed E-state index contributed by atoms with van der Waals surface area (Å²) in [6.07, 6.45) is 0.128. The molecule has 1 atom stereocenters. The Balaban J connectivity index is 1.67. The van der Waals surface area contributed by atoms with Crippen LogP contribution in [0, 0.1) is 5.82 Å². The fourth-order valence-electron chi connectivity index (χ4n) is 3.34. The molecule has 0 aliphatic carbocycles. The molecule has 1 heterocycles. The van der Waals surface area contributed by atoms with Crippen LogP contribution in [0.1, 0.15) is 17.2 Å². The SMILES string of the molecule is COc1ccc(CC(=O)N[C@H](C[NH+]2CCOCC2)c2ccccc2)cc1F. The highest BCUT2D eigenvalue weighted by atomic mass is 19.1. The molecule has 2 N–H and O–H groups in total. The van der Waals surface area contributed by atoms with E-state index in [1.807, 2.05) is 30.3 Å². The predicted octanol–water partition coefficient (Wildman–Crippen LogP) is 1.15. The molecule has 6 heteroatoms. The van der Waals surface area contributed by atoms with Crippen LogP contribution >= 0.6 is 0 Å². The minimum atomic E-state index is -0.458. The van der Waals surface area contributed by atoms with Crippen LogP contribution in [0.25, 0.3) is 0 Å². The Morgan fingerprint density at radius 3 is 2.63 bits per heavy atom. The molecule has 0 bridgehead atoms. The maximum absolute atomic E-state index is 13.9. The molecular weight excluding hydrogens is 347 g/mol. The summed E-state index contributed by atoms with van der Waals surface area (Å²) in [6, 6.07) is 14.5. The molecule has 27 heavy (non-hydrogen) atoms. The second kappa shape index (κ2) is 9.48. The lowest BCUT2D eigenvalue weighted by molar-refractivity contribution is -0.909. The average molecular weight is 373 g/mol. The van der Waals surface area contributed by atoms with E-state index in [1.54, 1.807) is 12.1 Å². The highest BCUT2D eigenvalue weighted by molar-refractivity contribution is 5.79. The van der Waals surface area contributed by atoms with Crippen LogP contribution in [0.2, 0.25) is 0 Å². The maximum atomic E-state index is 13.9. The number of halogens is 1.